The number of carboxylic acids is 1. The number of amides is 1. The summed E-state index contributed by atoms with van der Waals surface area (Å²) in [7, 11) is 0. The van der Waals surface area contributed by atoms with Crippen molar-refractivity contribution in [3.8, 4) is 0 Å². The third kappa shape index (κ3) is 2.73. The predicted octanol–water partition coefficient (Wildman–Crippen LogP) is 2.56. The molecular formula is C17H21NO4. The molecule has 0 aliphatic carbocycles. The molecule has 5 nitrogen and oxygen atoms in total. The Bertz CT molecular complexity index is 555. The third-order valence-corrected chi connectivity index (χ3v) is 4.71. The molecule has 2 aliphatic rings. The van der Waals surface area contributed by atoms with E-state index in [-0.39, 0.29) is 29.7 Å². The highest BCUT2D eigenvalue weighted by Crippen LogP contribution is 2.37. The molecule has 0 radical (unpaired) electrons. The Morgan fingerprint density at radius 3 is 2.18 bits per heavy atom. The zero-order valence-electron chi connectivity index (χ0n) is 12.7. The first-order valence-corrected chi connectivity index (χ1v) is 7.87. The van der Waals surface area contributed by atoms with E-state index in [1.54, 1.807) is 12.1 Å². The molecule has 118 valence electrons. The summed E-state index contributed by atoms with van der Waals surface area (Å²) in [6.45, 7) is 2.72. The van der Waals surface area contributed by atoms with Crippen molar-refractivity contribution in [2.24, 2.45) is 0 Å². The summed E-state index contributed by atoms with van der Waals surface area (Å²) >= 11 is 0. The van der Waals surface area contributed by atoms with Gasteiger partial charge in [0.05, 0.1) is 11.7 Å². The van der Waals surface area contributed by atoms with Crippen LogP contribution in [-0.4, -0.2) is 46.7 Å². The molecule has 5 heteroatoms. The molecule has 2 atom stereocenters. The van der Waals surface area contributed by atoms with Gasteiger partial charge < -0.3 is 14.7 Å². The lowest BCUT2D eigenvalue weighted by molar-refractivity contribution is -0.00948. The molecule has 2 fully saturated rings. The Morgan fingerprint density at radius 2 is 1.68 bits per heavy atom. The van der Waals surface area contributed by atoms with Gasteiger partial charge in [-0.2, -0.15) is 0 Å². The fraction of sp³-hybridized carbons (Fsp3) is 0.529. The van der Waals surface area contributed by atoms with E-state index in [4.69, 9.17) is 9.84 Å². The summed E-state index contributed by atoms with van der Waals surface area (Å²) in [5.74, 6) is -0.962. The zero-order valence-corrected chi connectivity index (χ0v) is 12.7. The number of rotatable bonds is 4. The molecule has 2 unspecified atom stereocenters. The molecule has 2 heterocycles. The SMILES string of the molecule is CCOC1CC2CCC(C1)N2C(=O)c1ccc(C(=O)O)cc1. The van der Waals surface area contributed by atoms with Crippen molar-refractivity contribution in [1.29, 1.82) is 0 Å². The van der Waals surface area contributed by atoms with Crippen LogP contribution in [0.1, 0.15) is 53.3 Å². The number of carboxylic acid groups (broad SMARTS) is 1. The number of ether oxygens (including phenoxy) is 1. The number of carbonyl (C=O) groups is 2. The van der Waals surface area contributed by atoms with Crippen molar-refractivity contribution in [2.45, 2.75) is 50.8 Å². The highest BCUT2D eigenvalue weighted by atomic mass is 16.5. The maximum atomic E-state index is 12.7. The monoisotopic (exact) mass is 303 g/mol. The van der Waals surface area contributed by atoms with Crippen LogP contribution < -0.4 is 0 Å². The average molecular weight is 303 g/mol. The van der Waals surface area contributed by atoms with Crippen LogP contribution in [0.25, 0.3) is 0 Å². The topological polar surface area (TPSA) is 66.8 Å². The van der Waals surface area contributed by atoms with Crippen molar-refractivity contribution in [3.63, 3.8) is 0 Å². The smallest absolute Gasteiger partial charge is 0.335 e. The van der Waals surface area contributed by atoms with Crippen molar-refractivity contribution >= 4 is 11.9 Å². The van der Waals surface area contributed by atoms with E-state index < -0.39 is 5.97 Å². The molecule has 1 amide bonds. The maximum absolute atomic E-state index is 12.7. The number of nitrogens with zero attached hydrogens (tertiary/aromatic N) is 1. The van der Waals surface area contributed by atoms with Gasteiger partial charge in [-0.05, 0) is 56.9 Å². The Balaban J connectivity index is 1.74. The quantitative estimate of drug-likeness (QED) is 0.928. The molecule has 3 rings (SSSR count). The number of benzene rings is 1. The normalized spacial score (nSPS) is 27.0. The van der Waals surface area contributed by atoms with E-state index in [0.717, 1.165) is 25.7 Å². The van der Waals surface area contributed by atoms with Gasteiger partial charge in [0.1, 0.15) is 0 Å². The first kappa shape index (κ1) is 15.0. The zero-order chi connectivity index (χ0) is 15.7. The van der Waals surface area contributed by atoms with Crippen molar-refractivity contribution in [2.75, 3.05) is 6.61 Å². The summed E-state index contributed by atoms with van der Waals surface area (Å²) in [6.07, 6.45) is 4.15. The second-order valence-electron chi connectivity index (χ2n) is 6.03. The summed E-state index contributed by atoms with van der Waals surface area (Å²) in [5.41, 5.74) is 0.770. The average Bonchev–Trinajstić information content (AvgIpc) is 2.78. The molecule has 2 aliphatic heterocycles. The van der Waals surface area contributed by atoms with Crippen molar-refractivity contribution < 1.29 is 19.4 Å². The van der Waals surface area contributed by atoms with Gasteiger partial charge in [0.15, 0.2) is 0 Å². The fourth-order valence-electron chi connectivity index (χ4n) is 3.73. The lowest BCUT2D eigenvalue weighted by atomic mass is 9.98. The Labute approximate surface area is 129 Å². The highest BCUT2D eigenvalue weighted by molar-refractivity contribution is 5.96. The lowest BCUT2D eigenvalue weighted by Gasteiger charge is -2.38. The third-order valence-electron chi connectivity index (χ3n) is 4.71. The van der Waals surface area contributed by atoms with Crippen LogP contribution in [0.2, 0.25) is 0 Å². The maximum Gasteiger partial charge on any atom is 0.335 e. The minimum atomic E-state index is -0.975. The summed E-state index contributed by atoms with van der Waals surface area (Å²) in [5, 5.41) is 8.93. The number of hydrogen-bond donors (Lipinski definition) is 1. The van der Waals surface area contributed by atoms with Crippen molar-refractivity contribution in [3.05, 3.63) is 35.4 Å². The van der Waals surface area contributed by atoms with Gasteiger partial charge in [-0.15, -0.1) is 0 Å². The molecule has 22 heavy (non-hydrogen) atoms. The van der Waals surface area contributed by atoms with E-state index in [1.165, 1.54) is 12.1 Å². The van der Waals surface area contributed by atoms with E-state index in [9.17, 15) is 9.59 Å². The molecule has 0 saturated carbocycles. The minimum Gasteiger partial charge on any atom is -0.478 e. The number of hydrogen-bond acceptors (Lipinski definition) is 3. The van der Waals surface area contributed by atoms with Crippen LogP contribution in [0.5, 0.6) is 0 Å². The lowest BCUT2D eigenvalue weighted by Crippen LogP contribution is -2.48. The number of carbonyl (C=O) groups excluding carboxylic acids is 1. The van der Waals surface area contributed by atoms with Gasteiger partial charge >= 0.3 is 5.97 Å². The Hall–Kier alpha value is -1.88. The molecule has 0 aromatic heterocycles. The van der Waals surface area contributed by atoms with Gasteiger partial charge in [-0.3, -0.25) is 4.79 Å². The fourth-order valence-corrected chi connectivity index (χ4v) is 3.73. The highest BCUT2D eigenvalue weighted by Gasteiger charge is 2.43. The van der Waals surface area contributed by atoms with Crippen molar-refractivity contribution in [1.82, 2.24) is 4.90 Å². The first-order chi connectivity index (χ1) is 10.6. The van der Waals surface area contributed by atoms with E-state index >= 15 is 0 Å². The molecular weight excluding hydrogens is 282 g/mol. The molecule has 1 aromatic carbocycles. The predicted molar refractivity (Wildman–Crippen MR) is 81.0 cm³/mol. The summed E-state index contributed by atoms with van der Waals surface area (Å²) in [6, 6.07) is 6.71. The van der Waals surface area contributed by atoms with Crippen LogP contribution in [0, 0.1) is 0 Å². The van der Waals surface area contributed by atoms with E-state index in [1.807, 2.05) is 11.8 Å². The Kier molecular flexibility index (Phi) is 4.16. The number of fused-ring (bicyclic) bond motifs is 2. The largest absolute Gasteiger partial charge is 0.478 e. The van der Waals surface area contributed by atoms with E-state index in [2.05, 4.69) is 0 Å². The van der Waals surface area contributed by atoms with Crippen LogP contribution >= 0.6 is 0 Å². The van der Waals surface area contributed by atoms with Crippen LogP contribution in [-0.2, 0) is 4.74 Å². The first-order valence-electron chi connectivity index (χ1n) is 7.87. The standard InChI is InChI=1S/C17H21NO4/c1-2-22-15-9-13-7-8-14(10-15)18(13)16(19)11-3-5-12(6-4-11)17(20)21/h3-6,13-15H,2,7-10H2,1H3,(H,20,21). The molecule has 1 N–H and O–H groups in total. The second kappa shape index (κ2) is 6.08. The van der Waals surface area contributed by atoms with Gasteiger partial charge in [-0.1, -0.05) is 0 Å². The second-order valence-corrected chi connectivity index (χ2v) is 6.03. The van der Waals surface area contributed by atoms with Gasteiger partial charge in [0, 0.05) is 24.3 Å². The van der Waals surface area contributed by atoms with Gasteiger partial charge in [0.25, 0.3) is 5.91 Å². The van der Waals surface area contributed by atoms with Gasteiger partial charge in [0.2, 0.25) is 0 Å². The molecule has 1 aromatic rings. The number of aromatic carboxylic acids is 1. The minimum absolute atomic E-state index is 0.0133. The Morgan fingerprint density at radius 1 is 1.14 bits per heavy atom. The van der Waals surface area contributed by atoms with Crippen LogP contribution in [0.15, 0.2) is 24.3 Å². The molecule has 0 spiro atoms. The summed E-state index contributed by atoms with van der Waals surface area (Å²) in [4.78, 5) is 25.6. The van der Waals surface area contributed by atoms with E-state index in [0.29, 0.717) is 12.2 Å². The molecule has 2 bridgehead atoms. The van der Waals surface area contributed by atoms with Crippen LogP contribution in [0.4, 0.5) is 0 Å². The van der Waals surface area contributed by atoms with Crippen LogP contribution in [0.3, 0.4) is 0 Å². The molecule has 2 saturated heterocycles. The summed E-state index contributed by atoms with van der Waals surface area (Å²) < 4.78 is 5.74. The van der Waals surface area contributed by atoms with Gasteiger partial charge in [-0.25, -0.2) is 4.79 Å². The number of piperidine rings is 1.